The molecule has 0 spiro atoms. The van der Waals surface area contributed by atoms with E-state index in [-0.39, 0.29) is 23.1 Å². The number of amides is 2. The third kappa shape index (κ3) is 4.56. The summed E-state index contributed by atoms with van der Waals surface area (Å²) in [6, 6.07) is 5.69. The van der Waals surface area contributed by atoms with E-state index in [1.54, 1.807) is 6.92 Å². The van der Waals surface area contributed by atoms with Crippen molar-refractivity contribution < 1.29 is 22.7 Å². The number of sulfonamides is 1. The molecule has 0 radical (unpaired) electrons. The van der Waals surface area contributed by atoms with Crippen LogP contribution in [0, 0.1) is 13.8 Å². The lowest BCUT2D eigenvalue weighted by molar-refractivity contribution is 0.0978. The zero-order valence-corrected chi connectivity index (χ0v) is 18.7. The summed E-state index contributed by atoms with van der Waals surface area (Å²) in [5.74, 6) is -1.06. The van der Waals surface area contributed by atoms with Gasteiger partial charge in [-0.2, -0.15) is 4.31 Å². The first-order valence-electron chi connectivity index (χ1n) is 9.50. The van der Waals surface area contributed by atoms with E-state index in [2.05, 4.69) is 5.32 Å². The third-order valence-electron chi connectivity index (χ3n) is 5.17. The molecule has 2 amide bonds. The summed E-state index contributed by atoms with van der Waals surface area (Å²) in [6.07, 6.45) is 1.68. The average molecular weight is 452 g/mol. The number of ether oxygens (including phenoxy) is 1. The lowest BCUT2D eigenvalue weighted by Crippen LogP contribution is -2.34. The standard InChI is InChI=1S/C20H25N3O5S2/c1-12-13(2)29-20(17(12)18(21)24)22-19(25)14-6-8-16(9-7-14)30(26,27)23(3)11-15-5-4-10-28-15/h6-9,15H,4-5,10-11H2,1-3H3,(H2,21,24)(H,22,25)/t15-/m0/s1. The number of anilines is 1. The predicted octanol–water partition coefficient (Wildman–Crippen LogP) is 2.52. The molecule has 1 aliphatic heterocycles. The van der Waals surface area contributed by atoms with Crippen molar-refractivity contribution in [3.05, 3.63) is 45.8 Å². The number of aryl methyl sites for hydroxylation is 1. The van der Waals surface area contributed by atoms with Crippen molar-refractivity contribution in [2.75, 3.05) is 25.5 Å². The Labute approximate surface area is 180 Å². The summed E-state index contributed by atoms with van der Waals surface area (Å²) in [5, 5.41) is 3.09. The van der Waals surface area contributed by atoms with Gasteiger partial charge in [-0.3, -0.25) is 9.59 Å². The summed E-state index contributed by atoms with van der Waals surface area (Å²) in [6.45, 7) is 4.56. The number of nitrogens with one attached hydrogen (secondary N) is 1. The topological polar surface area (TPSA) is 119 Å². The molecule has 2 aromatic rings. The first-order chi connectivity index (χ1) is 14.1. The van der Waals surface area contributed by atoms with Gasteiger partial charge in [0.1, 0.15) is 5.00 Å². The molecule has 2 heterocycles. The van der Waals surface area contributed by atoms with Gasteiger partial charge >= 0.3 is 0 Å². The molecule has 1 fully saturated rings. The monoisotopic (exact) mass is 451 g/mol. The van der Waals surface area contributed by atoms with Gasteiger partial charge in [-0.1, -0.05) is 0 Å². The van der Waals surface area contributed by atoms with Gasteiger partial charge in [-0.05, 0) is 56.5 Å². The molecular weight excluding hydrogens is 426 g/mol. The van der Waals surface area contributed by atoms with Crippen molar-refractivity contribution >= 4 is 38.2 Å². The Balaban J connectivity index is 1.74. The Morgan fingerprint density at radius 2 is 1.93 bits per heavy atom. The summed E-state index contributed by atoms with van der Waals surface area (Å²) in [5.41, 5.74) is 6.73. The fourth-order valence-corrected chi connectivity index (χ4v) is 5.58. The quantitative estimate of drug-likeness (QED) is 0.670. The zero-order chi connectivity index (χ0) is 22.1. The van der Waals surface area contributed by atoms with E-state index in [1.807, 2.05) is 6.92 Å². The van der Waals surface area contributed by atoms with E-state index >= 15 is 0 Å². The van der Waals surface area contributed by atoms with E-state index in [0.29, 0.717) is 17.2 Å². The molecule has 0 saturated carbocycles. The smallest absolute Gasteiger partial charge is 0.256 e. The van der Waals surface area contributed by atoms with Gasteiger partial charge in [-0.25, -0.2) is 8.42 Å². The number of hydrogen-bond donors (Lipinski definition) is 2. The summed E-state index contributed by atoms with van der Waals surface area (Å²) in [7, 11) is -2.17. The molecule has 8 nitrogen and oxygen atoms in total. The molecule has 3 rings (SSSR count). The summed E-state index contributed by atoms with van der Waals surface area (Å²) < 4.78 is 32.3. The molecule has 1 saturated heterocycles. The number of thiophene rings is 1. The van der Waals surface area contributed by atoms with Crippen LogP contribution in [0.3, 0.4) is 0 Å². The van der Waals surface area contributed by atoms with Crippen LogP contribution >= 0.6 is 11.3 Å². The molecule has 30 heavy (non-hydrogen) atoms. The minimum Gasteiger partial charge on any atom is -0.377 e. The highest BCUT2D eigenvalue weighted by atomic mass is 32.2. The maximum atomic E-state index is 12.8. The molecule has 162 valence electrons. The minimum absolute atomic E-state index is 0.0908. The van der Waals surface area contributed by atoms with Gasteiger partial charge in [0.25, 0.3) is 11.8 Å². The second kappa shape index (κ2) is 8.84. The van der Waals surface area contributed by atoms with Crippen LogP contribution in [0.1, 0.15) is 44.0 Å². The van der Waals surface area contributed by atoms with Gasteiger partial charge in [0.15, 0.2) is 0 Å². The van der Waals surface area contributed by atoms with Crippen LogP contribution in [-0.4, -0.2) is 50.8 Å². The van der Waals surface area contributed by atoms with Crippen molar-refractivity contribution in [3.8, 4) is 0 Å². The third-order valence-corrected chi connectivity index (χ3v) is 8.13. The number of carbonyl (C=O) groups excluding carboxylic acids is 2. The molecule has 1 aromatic heterocycles. The van der Waals surface area contributed by atoms with Crippen molar-refractivity contribution in [1.82, 2.24) is 4.31 Å². The first kappa shape index (κ1) is 22.4. The van der Waals surface area contributed by atoms with Gasteiger partial charge < -0.3 is 15.8 Å². The number of nitrogens with zero attached hydrogens (tertiary/aromatic N) is 1. The van der Waals surface area contributed by atoms with E-state index in [0.717, 1.165) is 23.3 Å². The van der Waals surface area contributed by atoms with Gasteiger partial charge in [0.2, 0.25) is 10.0 Å². The van der Waals surface area contributed by atoms with Crippen LogP contribution in [0.25, 0.3) is 0 Å². The largest absolute Gasteiger partial charge is 0.377 e. The fraction of sp³-hybridized carbons (Fsp3) is 0.400. The number of primary amides is 1. The predicted molar refractivity (Wildman–Crippen MR) is 115 cm³/mol. The number of hydrogen-bond acceptors (Lipinski definition) is 6. The molecule has 1 aliphatic rings. The van der Waals surface area contributed by atoms with E-state index in [4.69, 9.17) is 10.5 Å². The SMILES string of the molecule is Cc1sc(NC(=O)c2ccc(S(=O)(=O)N(C)C[C@@H]3CCCO3)cc2)c(C(N)=O)c1C. The average Bonchev–Trinajstić information content (AvgIpc) is 3.29. The number of carbonyl (C=O) groups is 2. The van der Waals surface area contributed by atoms with Crippen molar-refractivity contribution in [2.24, 2.45) is 5.73 Å². The molecule has 1 atom stereocenters. The van der Waals surface area contributed by atoms with Crippen LogP contribution in [0.5, 0.6) is 0 Å². The maximum Gasteiger partial charge on any atom is 0.256 e. The van der Waals surface area contributed by atoms with Crippen molar-refractivity contribution in [1.29, 1.82) is 0 Å². The van der Waals surface area contributed by atoms with Crippen LogP contribution in [0.2, 0.25) is 0 Å². The van der Waals surface area contributed by atoms with E-state index < -0.39 is 21.8 Å². The molecule has 3 N–H and O–H groups in total. The Hall–Kier alpha value is -2.27. The zero-order valence-electron chi connectivity index (χ0n) is 17.1. The molecule has 0 aliphatic carbocycles. The van der Waals surface area contributed by atoms with E-state index in [9.17, 15) is 18.0 Å². The maximum absolute atomic E-state index is 12.8. The van der Waals surface area contributed by atoms with Crippen LogP contribution in [0.15, 0.2) is 29.2 Å². The highest BCUT2D eigenvalue weighted by molar-refractivity contribution is 7.89. The fourth-order valence-electron chi connectivity index (χ4n) is 3.32. The highest BCUT2D eigenvalue weighted by Crippen LogP contribution is 2.32. The highest BCUT2D eigenvalue weighted by Gasteiger charge is 2.26. The summed E-state index contributed by atoms with van der Waals surface area (Å²) in [4.78, 5) is 25.3. The second-order valence-corrected chi connectivity index (χ2v) is 10.5. The van der Waals surface area contributed by atoms with Gasteiger partial charge in [0.05, 0.1) is 16.6 Å². The minimum atomic E-state index is -3.69. The number of rotatable bonds is 7. The molecule has 1 aromatic carbocycles. The Kier molecular flexibility index (Phi) is 6.61. The molecule has 0 bridgehead atoms. The first-order valence-corrected chi connectivity index (χ1v) is 11.8. The van der Waals surface area contributed by atoms with Crippen molar-refractivity contribution in [2.45, 2.75) is 37.7 Å². The second-order valence-electron chi connectivity index (χ2n) is 7.25. The van der Waals surface area contributed by atoms with E-state index in [1.165, 1.54) is 47.0 Å². The van der Waals surface area contributed by atoms with Gasteiger partial charge in [-0.15, -0.1) is 11.3 Å². The Morgan fingerprint density at radius 1 is 1.27 bits per heavy atom. The number of likely N-dealkylation sites (N-methyl/N-ethyl adjacent to an activating group) is 1. The lowest BCUT2D eigenvalue weighted by atomic mass is 10.1. The lowest BCUT2D eigenvalue weighted by Gasteiger charge is -2.20. The Bertz CT molecular complexity index is 1050. The molecule has 0 unspecified atom stereocenters. The van der Waals surface area contributed by atoms with Crippen molar-refractivity contribution in [3.63, 3.8) is 0 Å². The van der Waals surface area contributed by atoms with Crippen LogP contribution in [0.4, 0.5) is 5.00 Å². The normalized spacial score (nSPS) is 16.7. The van der Waals surface area contributed by atoms with Crippen LogP contribution < -0.4 is 11.1 Å². The number of benzene rings is 1. The Morgan fingerprint density at radius 3 is 2.50 bits per heavy atom. The summed E-state index contributed by atoms with van der Waals surface area (Å²) >= 11 is 1.27. The van der Waals surface area contributed by atoms with Crippen LogP contribution in [-0.2, 0) is 14.8 Å². The molecule has 10 heteroatoms. The molecular formula is C20H25N3O5S2. The number of nitrogens with two attached hydrogens (primary N) is 1. The van der Waals surface area contributed by atoms with Gasteiger partial charge in [0, 0.05) is 30.6 Å².